The van der Waals surface area contributed by atoms with Crippen molar-refractivity contribution in [2.45, 2.75) is 44.2 Å². The van der Waals surface area contributed by atoms with E-state index in [0.29, 0.717) is 48.0 Å². The molecule has 1 heterocycles. The van der Waals surface area contributed by atoms with Crippen LogP contribution in [0.4, 0.5) is 5.69 Å². The van der Waals surface area contributed by atoms with Gasteiger partial charge in [0.15, 0.2) is 11.6 Å². The van der Waals surface area contributed by atoms with Crippen LogP contribution in [-0.2, 0) is 16.0 Å². The maximum atomic E-state index is 14.1. The SMILES string of the molecule is CCCCNNC(=O)[C@@]1(Cc2ccccc2N=[N+]=[N-])N=C(c2ccc(OCCCO)cc2)O[C@H]1c1ccccc1. The van der Waals surface area contributed by atoms with Gasteiger partial charge in [-0.25, -0.2) is 10.4 Å². The Kier molecular flexibility index (Phi) is 10.1. The van der Waals surface area contributed by atoms with Gasteiger partial charge in [0.2, 0.25) is 5.90 Å². The highest BCUT2D eigenvalue weighted by molar-refractivity contribution is 6.01. The molecule has 0 saturated heterocycles. The molecule has 0 fully saturated rings. The summed E-state index contributed by atoms with van der Waals surface area (Å²) in [5, 5.41) is 12.9. The number of carbonyl (C=O) groups excluding carboxylic acids is 1. The average molecular weight is 543 g/mol. The molecule has 3 aromatic carbocycles. The van der Waals surface area contributed by atoms with Gasteiger partial charge < -0.3 is 14.6 Å². The van der Waals surface area contributed by atoms with Gasteiger partial charge in [-0.3, -0.25) is 10.2 Å². The summed E-state index contributed by atoms with van der Waals surface area (Å²) >= 11 is 0. The van der Waals surface area contributed by atoms with Gasteiger partial charge in [0, 0.05) is 42.2 Å². The lowest BCUT2D eigenvalue weighted by molar-refractivity contribution is -0.130. The lowest BCUT2D eigenvalue weighted by Crippen LogP contribution is -2.54. The van der Waals surface area contributed by atoms with Crippen molar-refractivity contribution in [3.05, 3.63) is 106 Å². The van der Waals surface area contributed by atoms with Gasteiger partial charge in [-0.1, -0.05) is 73.1 Å². The first-order valence-corrected chi connectivity index (χ1v) is 13.4. The second kappa shape index (κ2) is 14.1. The molecule has 0 radical (unpaired) electrons. The highest BCUT2D eigenvalue weighted by Crippen LogP contribution is 2.43. The average Bonchev–Trinajstić information content (AvgIpc) is 3.38. The predicted molar refractivity (Wildman–Crippen MR) is 153 cm³/mol. The summed E-state index contributed by atoms with van der Waals surface area (Å²) in [7, 11) is 0. The predicted octanol–water partition coefficient (Wildman–Crippen LogP) is 5.31. The molecule has 4 rings (SSSR count). The lowest BCUT2D eigenvalue weighted by Gasteiger charge is -2.31. The molecular formula is C30H34N6O4. The maximum Gasteiger partial charge on any atom is 0.266 e. The van der Waals surface area contributed by atoms with Crippen LogP contribution < -0.4 is 15.6 Å². The number of amides is 1. The Morgan fingerprint density at radius 2 is 1.85 bits per heavy atom. The molecule has 0 aliphatic carbocycles. The molecule has 0 aromatic heterocycles. The Morgan fingerprint density at radius 1 is 1.10 bits per heavy atom. The largest absolute Gasteiger partial charge is 0.494 e. The smallest absolute Gasteiger partial charge is 0.266 e. The van der Waals surface area contributed by atoms with E-state index in [0.717, 1.165) is 18.4 Å². The quantitative estimate of drug-likeness (QED) is 0.0832. The van der Waals surface area contributed by atoms with Crippen LogP contribution in [0.5, 0.6) is 5.75 Å². The molecule has 3 N–H and O–H groups in total. The minimum absolute atomic E-state index is 0.0594. The number of ether oxygens (including phenoxy) is 2. The summed E-state index contributed by atoms with van der Waals surface area (Å²) in [4.78, 5) is 22.0. The monoisotopic (exact) mass is 542 g/mol. The van der Waals surface area contributed by atoms with Crippen LogP contribution in [0.25, 0.3) is 10.4 Å². The second-order valence-electron chi connectivity index (χ2n) is 9.43. The molecular weight excluding hydrogens is 508 g/mol. The third-order valence-corrected chi connectivity index (χ3v) is 6.59. The van der Waals surface area contributed by atoms with Crippen molar-refractivity contribution >= 4 is 17.5 Å². The van der Waals surface area contributed by atoms with E-state index >= 15 is 0 Å². The van der Waals surface area contributed by atoms with Crippen LogP contribution in [-0.4, -0.2) is 42.2 Å². The zero-order valence-corrected chi connectivity index (χ0v) is 22.5. The van der Waals surface area contributed by atoms with Crippen LogP contribution >= 0.6 is 0 Å². The number of nitrogens with zero attached hydrogens (tertiary/aromatic N) is 4. The summed E-state index contributed by atoms with van der Waals surface area (Å²) in [5.74, 6) is 0.621. The van der Waals surface area contributed by atoms with Crippen molar-refractivity contribution in [2.75, 3.05) is 19.8 Å². The van der Waals surface area contributed by atoms with Gasteiger partial charge in [0.05, 0.1) is 6.61 Å². The summed E-state index contributed by atoms with van der Waals surface area (Å²) in [6, 6.07) is 23.9. The van der Waals surface area contributed by atoms with Gasteiger partial charge in [-0.05, 0) is 47.3 Å². The number of aliphatic hydroxyl groups is 1. The van der Waals surface area contributed by atoms with Crippen LogP contribution in [0, 0.1) is 0 Å². The van der Waals surface area contributed by atoms with Crippen molar-refractivity contribution in [1.29, 1.82) is 0 Å². The highest BCUT2D eigenvalue weighted by atomic mass is 16.5. The number of aliphatic imine (C=N–C) groups is 1. The van der Waals surface area contributed by atoms with Crippen LogP contribution in [0.1, 0.15) is 49.0 Å². The zero-order chi connectivity index (χ0) is 28.2. The first-order valence-electron chi connectivity index (χ1n) is 13.4. The summed E-state index contributed by atoms with van der Waals surface area (Å²) in [6.45, 7) is 3.15. The highest BCUT2D eigenvalue weighted by Gasteiger charge is 2.53. The third-order valence-electron chi connectivity index (χ3n) is 6.59. The van der Waals surface area contributed by atoms with E-state index in [4.69, 9.17) is 25.1 Å². The number of benzene rings is 3. The maximum absolute atomic E-state index is 14.1. The van der Waals surface area contributed by atoms with Crippen LogP contribution in [0.2, 0.25) is 0 Å². The van der Waals surface area contributed by atoms with E-state index in [9.17, 15) is 4.79 Å². The van der Waals surface area contributed by atoms with E-state index in [1.807, 2.05) is 54.6 Å². The number of nitrogens with one attached hydrogen (secondary N) is 2. The standard InChI is InChI=1S/C30H34N6O4/c1-2-3-18-32-35-29(38)30(21-24-12-7-8-13-26(24)34-36-31)27(22-10-5-4-6-11-22)40-28(33-30)23-14-16-25(17-15-23)39-20-9-19-37/h4-8,10-17,27,32,37H,2-3,9,18-21H2,1H3,(H,35,38)/t27-,30-/m0/s1. The number of azide groups is 1. The number of hydrazine groups is 1. The van der Waals surface area contributed by atoms with Crippen molar-refractivity contribution < 1.29 is 19.4 Å². The molecule has 10 heteroatoms. The Balaban J connectivity index is 1.77. The molecule has 0 saturated carbocycles. The van der Waals surface area contributed by atoms with Crippen molar-refractivity contribution in [3.8, 4) is 5.75 Å². The molecule has 208 valence electrons. The molecule has 0 unspecified atom stereocenters. The first kappa shape index (κ1) is 28.6. The van der Waals surface area contributed by atoms with Crippen LogP contribution in [0.15, 0.2) is 89.0 Å². The van der Waals surface area contributed by atoms with E-state index in [1.54, 1.807) is 24.3 Å². The fourth-order valence-corrected chi connectivity index (χ4v) is 4.52. The van der Waals surface area contributed by atoms with Gasteiger partial charge >= 0.3 is 0 Å². The molecule has 2 atom stereocenters. The molecule has 0 spiro atoms. The normalized spacial score (nSPS) is 17.9. The van der Waals surface area contributed by atoms with Crippen LogP contribution in [0.3, 0.4) is 0 Å². The number of rotatable bonds is 14. The summed E-state index contributed by atoms with van der Waals surface area (Å²) in [6.07, 6.45) is 1.79. The molecule has 0 bridgehead atoms. The minimum Gasteiger partial charge on any atom is -0.494 e. The summed E-state index contributed by atoms with van der Waals surface area (Å²) in [5.41, 5.74) is 16.2. The molecule has 10 nitrogen and oxygen atoms in total. The molecule has 1 aliphatic rings. The Bertz CT molecular complexity index is 1340. The third kappa shape index (κ3) is 6.79. The van der Waals surface area contributed by atoms with Crippen molar-refractivity contribution in [3.63, 3.8) is 0 Å². The minimum atomic E-state index is -1.41. The second-order valence-corrected chi connectivity index (χ2v) is 9.43. The molecule has 40 heavy (non-hydrogen) atoms. The lowest BCUT2D eigenvalue weighted by atomic mass is 9.81. The van der Waals surface area contributed by atoms with E-state index in [-0.39, 0.29) is 18.9 Å². The Morgan fingerprint density at radius 3 is 2.58 bits per heavy atom. The first-order chi connectivity index (χ1) is 19.6. The number of unbranched alkanes of at least 4 members (excludes halogenated alkanes) is 1. The van der Waals surface area contributed by atoms with Gasteiger partial charge in [-0.2, -0.15) is 0 Å². The Hall–Kier alpha value is -4.37. The van der Waals surface area contributed by atoms with Crippen molar-refractivity contribution in [2.24, 2.45) is 10.1 Å². The van der Waals surface area contributed by atoms with Gasteiger partial charge in [0.25, 0.3) is 5.91 Å². The number of hydrogen-bond acceptors (Lipinski definition) is 7. The number of aliphatic hydroxyl groups excluding tert-OH is 1. The van der Waals surface area contributed by atoms with Gasteiger partial charge in [-0.15, -0.1) is 0 Å². The topological polar surface area (TPSA) is 141 Å². The number of hydrogen-bond donors (Lipinski definition) is 3. The number of carbonyl (C=O) groups is 1. The molecule has 1 aliphatic heterocycles. The Labute approximate surface area is 233 Å². The van der Waals surface area contributed by atoms with E-state index in [1.165, 1.54) is 0 Å². The fourth-order valence-electron chi connectivity index (χ4n) is 4.52. The van der Waals surface area contributed by atoms with Gasteiger partial charge in [0.1, 0.15) is 5.75 Å². The summed E-state index contributed by atoms with van der Waals surface area (Å²) < 4.78 is 12.2. The fraction of sp³-hybridized carbons (Fsp3) is 0.333. The molecule has 1 amide bonds. The van der Waals surface area contributed by atoms with Crippen molar-refractivity contribution in [1.82, 2.24) is 10.9 Å². The zero-order valence-electron chi connectivity index (χ0n) is 22.5. The van der Waals surface area contributed by atoms with E-state index in [2.05, 4.69) is 27.8 Å². The van der Waals surface area contributed by atoms with E-state index < -0.39 is 11.6 Å². The molecule has 3 aromatic rings.